The fourth-order valence-electron chi connectivity index (χ4n) is 1.45. The number of nitrogens with one attached hydrogen (secondary N) is 1. The lowest BCUT2D eigenvalue weighted by Crippen LogP contribution is -2.29. The molecule has 1 unspecified atom stereocenters. The summed E-state index contributed by atoms with van der Waals surface area (Å²) in [4.78, 5) is 10.8. The molecular weight excluding hydrogens is 282 g/mol. The zero-order valence-corrected chi connectivity index (χ0v) is 11.8. The smallest absolute Gasteiger partial charge is 0.320 e. The van der Waals surface area contributed by atoms with Crippen molar-refractivity contribution in [3.05, 3.63) is 35.4 Å². The number of methoxy groups -OCH3 is 1. The van der Waals surface area contributed by atoms with Gasteiger partial charge in [-0.3, -0.25) is 4.79 Å². The molecule has 0 saturated heterocycles. The van der Waals surface area contributed by atoms with Crippen molar-refractivity contribution in [3.63, 3.8) is 0 Å². The molecule has 1 atom stereocenters. The molecule has 0 aliphatic rings. The molecule has 0 aliphatic carbocycles. The van der Waals surface area contributed by atoms with Crippen LogP contribution in [0.5, 0.6) is 0 Å². The number of alkyl halides is 1. The number of benzene rings is 1. The third-order valence-corrected chi connectivity index (χ3v) is 3.24. The summed E-state index contributed by atoms with van der Waals surface area (Å²) >= 11 is 3.26. The summed E-state index contributed by atoms with van der Waals surface area (Å²) in [6.45, 7) is 3.45. The van der Waals surface area contributed by atoms with Gasteiger partial charge in [-0.25, -0.2) is 0 Å². The van der Waals surface area contributed by atoms with Crippen molar-refractivity contribution >= 4 is 21.9 Å². The number of ether oxygens (including phenoxy) is 1. The second-order valence-electron chi connectivity index (χ2n) is 3.79. The van der Waals surface area contributed by atoms with Gasteiger partial charge in [-0.15, -0.1) is 0 Å². The van der Waals surface area contributed by atoms with Gasteiger partial charge in [0.15, 0.2) is 0 Å². The van der Waals surface area contributed by atoms with E-state index < -0.39 is 0 Å². The van der Waals surface area contributed by atoms with Crippen molar-refractivity contribution in [3.8, 4) is 0 Å². The van der Waals surface area contributed by atoms with Crippen molar-refractivity contribution in [1.82, 2.24) is 5.32 Å². The van der Waals surface area contributed by atoms with E-state index in [2.05, 4.69) is 57.2 Å². The minimum atomic E-state index is -0.289. The highest BCUT2D eigenvalue weighted by Crippen LogP contribution is 2.05. The van der Waals surface area contributed by atoms with E-state index in [0.717, 1.165) is 13.0 Å². The quantitative estimate of drug-likeness (QED) is 0.647. The second kappa shape index (κ2) is 7.45. The number of hydrogen-bond acceptors (Lipinski definition) is 3. The van der Waals surface area contributed by atoms with Crippen LogP contribution in [0.15, 0.2) is 24.3 Å². The third kappa shape index (κ3) is 4.88. The molecule has 0 radical (unpaired) electrons. The zero-order chi connectivity index (χ0) is 12.7. The van der Waals surface area contributed by atoms with Crippen molar-refractivity contribution in [2.45, 2.75) is 24.7 Å². The van der Waals surface area contributed by atoms with E-state index in [4.69, 9.17) is 0 Å². The molecule has 1 aromatic rings. The van der Waals surface area contributed by atoms with Crippen molar-refractivity contribution in [2.75, 3.05) is 13.7 Å². The Labute approximate surface area is 111 Å². The summed E-state index contributed by atoms with van der Waals surface area (Å²) in [5.74, 6) is -0.251. The van der Waals surface area contributed by atoms with Crippen molar-refractivity contribution in [1.29, 1.82) is 0 Å². The Morgan fingerprint density at radius 2 is 1.94 bits per heavy atom. The molecule has 3 nitrogen and oxygen atoms in total. The van der Waals surface area contributed by atoms with Crippen LogP contribution in [0.3, 0.4) is 0 Å². The molecular formula is C13H18BrNO2. The fourth-order valence-corrected chi connectivity index (χ4v) is 1.86. The SMILES string of the molecule is CCc1ccc(CNCC(Br)C(=O)OC)cc1. The van der Waals surface area contributed by atoms with Crippen LogP contribution in [0.1, 0.15) is 18.1 Å². The van der Waals surface area contributed by atoms with E-state index >= 15 is 0 Å². The van der Waals surface area contributed by atoms with Gasteiger partial charge in [0.2, 0.25) is 0 Å². The Bertz CT molecular complexity index is 351. The average molecular weight is 300 g/mol. The normalized spacial score (nSPS) is 12.2. The maximum absolute atomic E-state index is 11.1. The minimum absolute atomic E-state index is 0.251. The molecule has 0 amide bonds. The Morgan fingerprint density at radius 3 is 2.47 bits per heavy atom. The number of carbonyl (C=O) groups is 1. The van der Waals surface area contributed by atoms with Crippen LogP contribution < -0.4 is 5.32 Å². The lowest BCUT2D eigenvalue weighted by Gasteiger charge is -2.09. The van der Waals surface area contributed by atoms with Crippen molar-refractivity contribution < 1.29 is 9.53 Å². The van der Waals surface area contributed by atoms with Crippen LogP contribution in [0, 0.1) is 0 Å². The van der Waals surface area contributed by atoms with Crippen LogP contribution in [0.2, 0.25) is 0 Å². The topological polar surface area (TPSA) is 38.3 Å². The van der Waals surface area contributed by atoms with Crippen molar-refractivity contribution in [2.24, 2.45) is 0 Å². The predicted molar refractivity (Wildman–Crippen MR) is 72.3 cm³/mol. The van der Waals surface area contributed by atoms with Gasteiger partial charge in [0.05, 0.1) is 7.11 Å². The van der Waals surface area contributed by atoms with E-state index in [0.29, 0.717) is 6.54 Å². The molecule has 0 aliphatic heterocycles. The van der Waals surface area contributed by atoms with Gasteiger partial charge >= 0.3 is 5.97 Å². The highest BCUT2D eigenvalue weighted by atomic mass is 79.9. The van der Waals surface area contributed by atoms with Gasteiger partial charge in [0, 0.05) is 13.1 Å². The van der Waals surface area contributed by atoms with E-state index in [9.17, 15) is 4.79 Å². The van der Waals surface area contributed by atoms with E-state index in [1.54, 1.807) is 0 Å². The minimum Gasteiger partial charge on any atom is -0.468 e. The highest BCUT2D eigenvalue weighted by Gasteiger charge is 2.13. The summed E-state index contributed by atoms with van der Waals surface area (Å²) in [5, 5.41) is 3.21. The average Bonchev–Trinajstić information content (AvgIpc) is 2.38. The lowest BCUT2D eigenvalue weighted by atomic mass is 10.1. The van der Waals surface area contributed by atoms with Crippen LogP contribution >= 0.6 is 15.9 Å². The summed E-state index contributed by atoms with van der Waals surface area (Å²) < 4.78 is 4.62. The predicted octanol–water partition coefficient (Wildman–Crippen LogP) is 2.28. The highest BCUT2D eigenvalue weighted by molar-refractivity contribution is 9.10. The first kappa shape index (κ1) is 14.2. The first-order chi connectivity index (χ1) is 8.17. The molecule has 1 N–H and O–H groups in total. The van der Waals surface area contributed by atoms with Crippen LogP contribution in [-0.4, -0.2) is 24.5 Å². The van der Waals surface area contributed by atoms with Gasteiger partial charge in [0.1, 0.15) is 4.83 Å². The fraction of sp³-hybridized carbons (Fsp3) is 0.462. The number of rotatable bonds is 6. The largest absolute Gasteiger partial charge is 0.468 e. The maximum atomic E-state index is 11.1. The Hall–Kier alpha value is -0.870. The molecule has 0 bridgehead atoms. The summed E-state index contributed by atoms with van der Waals surface area (Å²) in [7, 11) is 1.39. The van der Waals surface area contributed by atoms with Gasteiger partial charge < -0.3 is 10.1 Å². The van der Waals surface area contributed by atoms with Crippen LogP contribution in [0.4, 0.5) is 0 Å². The first-order valence-electron chi connectivity index (χ1n) is 5.67. The van der Waals surface area contributed by atoms with E-state index in [1.165, 1.54) is 18.2 Å². The standard InChI is InChI=1S/C13H18BrNO2/c1-3-10-4-6-11(7-5-10)8-15-9-12(14)13(16)17-2/h4-7,12,15H,3,8-9H2,1-2H3. The molecule has 0 fully saturated rings. The molecule has 0 saturated carbocycles. The summed E-state index contributed by atoms with van der Waals surface area (Å²) in [6.07, 6.45) is 1.06. The number of aryl methyl sites for hydroxylation is 1. The summed E-state index contributed by atoms with van der Waals surface area (Å²) in [6, 6.07) is 8.46. The van der Waals surface area contributed by atoms with Gasteiger partial charge in [-0.2, -0.15) is 0 Å². The molecule has 1 rings (SSSR count). The van der Waals surface area contributed by atoms with E-state index in [1.807, 2.05) is 0 Å². The molecule has 17 heavy (non-hydrogen) atoms. The molecule has 1 aromatic carbocycles. The lowest BCUT2D eigenvalue weighted by molar-refractivity contribution is -0.139. The van der Waals surface area contributed by atoms with Gasteiger partial charge in [-0.05, 0) is 17.5 Å². The maximum Gasteiger partial charge on any atom is 0.320 e. The summed E-state index contributed by atoms with van der Waals surface area (Å²) in [5.41, 5.74) is 2.55. The van der Waals surface area contributed by atoms with E-state index in [-0.39, 0.29) is 10.8 Å². The number of carbonyl (C=O) groups excluding carboxylic acids is 1. The Kier molecular flexibility index (Phi) is 6.22. The van der Waals surface area contributed by atoms with Gasteiger partial charge in [0.25, 0.3) is 0 Å². The Balaban J connectivity index is 2.33. The van der Waals surface area contributed by atoms with Crippen LogP contribution in [0.25, 0.3) is 0 Å². The third-order valence-electron chi connectivity index (χ3n) is 2.54. The molecule has 0 aromatic heterocycles. The molecule has 4 heteroatoms. The zero-order valence-electron chi connectivity index (χ0n) is 10.2. The molecule has 0 spiro atoms. The Morgan fingerprint density at radius 1 is 1.35 bits per heavy atom. The first-order valence-corrected chi connectivity index (χ1v) is 6.59. The number of hydrogen-bond donors (Lipinski definition) is 1. The monoisotopic (exact) mass is 299 g/mol. The van der Waals surface area contributed by atoms with Gasteiger partial charge in [-0.1, -0.05) is 47.1 Å². The number of esters is 1. The second-order valence-corrected chi connectivity index (χ2v) is 4.90. The molecule has 94 valence electrons. The van der Waals surface area contributed by atoms with Crippen LogP contribution in [-0.2, 0) is 22.5 Å². The molecule has 0 heterocycles. The number of halogens is 1.